The van der Waals surface area contributed by atoms with Crippen molar-refractivity contribution < 1.29 is 84.7 Å². The van der Waals surface area contributed by atoms with Crippen molar-refractivity contribution >= 4 is 101 Å². The predicted octanol–water partition coefficient (Wildman–Crippen LogP) is 25.8. The van der Waals surface area contributed by atoms with Gasteiger partial charge in [-0.05, 0) is 314 Å². The minimum Gasteiger partial charge on any atom is -0.377 e. The molecule has 38 heteroatoms. The molecule has 0 rings (SSSR count). The Morgan fingerprint density at radius 2 is 0.388 bits per heavy atom. The molecule has 0 heterocycles. The van der Waals surface area contributed by atoms with E-state index in [9.17, 15) is 0 Å². The lowest BCUT2D eigenvalue weighted by Gasteiger charge is -2.29. The summed E-state index contributed by atoms with van der Waals surface area (Å²) in [5, 5.41) is 0. The SMILES string of the molecule is CCC(C)=NCCC(CCC[Si](OC)(OC)OC)CCN=C(C)CC.CCO[Si](CCCN(CCCN=C(C)CC(C)C)CCCN=C(C)CC(C)C)(OCC)OCC.CCO[Si](CCCN(CCN=C(C)CC(C)C)CCN=C(C)CC(C)C)(OCC)OCC.CO[Si](CCCN(CCN=C(C)C)CCN=C(C)C)(OC)OC.CO[Si](CCCN(CCN=C(C)CC(C)C)CCN=C(C)CC(C)C)(OC)OC.FF.FF. The first-order valence-corrected chi connectivity index (χ1v) is 65.5. The maximum Gasteiger partial charge on any atom is 0.500 e. The van der Waals surface area contributed by atoms with Crippen LogP contribution < -0.4 is 0 Å². The molecular formula is C109H232F4N14O15Si5. The van der Waals surface area contributed by atoms with Gasteiger partial charge in [0.15, 0.2) is 0 Å². The van der Waals surface area contributed by atoms with E-state index in [1.165, 1.54) is 45.7 Å². The third-order valence-corrected chi connectivity index (χ3v) is 38.7. The van der Waals surface area contributed by atoms with Crippen molar-refractivity contribution in [3.63, 3.8) is 0 Å². The van der Waals surface area contributed by atoms with E-state index >= 15 is 0 Å². The maximum absolute atomic E-state index is 8.00. The van der Waals surface area contributed by atoms with Gasteiger partial charge in [-0.2, -0.15) is 0 Å². The molecule has 0 saturated heterocycles. The molecule has 0 aliphatic carbocycles. The Bertz CT molecular complexity index is 3110. The molecule has 0 saturated carbocycles. The number of hydrogen-bond acceptors (Lipinski definition) is 29. The first kappa shape index (κ1) is 157. The number of halogens is 4. The van der Waals surface area contributed by atoms with E-state index in [2.05, 4.69) is 192 Å². The van der Waals surface area contributed by atoms with Crippen LogP contribution in [0.3, 0.4) is 0 Å². The van der Waals surface area contributed by atoms with Crippen LogP contribution in [0, 0.1) is 41.4 Å². The fourth-order valence-electron chi connectivity index (χ4n) is 16.6. The molecule has 0 amide bonds. The Labute approximate surface area is 906 Å². The van der Waals surface area contributed by atoms with E-state index in [4.69, 9.17) is 115 Å². The second kappa shape index (κ2) is 104. The van der Waals surface area contributed by atoms with Crippen molar-refractivity contribution in [3.8, 4) is 0 Å². The van der Waals surface area contributed by atoms with Crippen molar-refractivity contribution in [2.24, 2.45) is 91.3 Å². The van der Waals surface area contributed by atoms with Gasteiger partial charge in [0, 0.05) is 275 Å². The average Bonchev–Trinajstić information content (AvgIpc) is 0.866. The minimum atomic E-state index is -2.58. The first-order valence-electron chi connectivity index (χ1n) is 55.8. The van der Waals surface area contributed by atoms with E-state index in [0.717, 1.165) is 301 Å². The zero-order valence-electron chi connectivity index (χ0n) is 103. The van der Waals surface area contributed by atoms with Crippen molar-refractivity contribution in [3.05, 3.63) is 0 Å². The van der Waals surface area contributed by atoms with Gasteiger partial charge in [0.05, 0.1) is 39.3 Å². The smallest absolute Gasteiger partial charge is 0.377 e. The summed E-state index contributed by atoms with van der Waals surface area (Å²) in [5.41, 5.74) is 12.3. The van der Waals surface area contributed by atoms with Crippen LogP contribution >= 0.6 is 0 Å². The molecule has 0 bridgehead atoms. The molecule has 0 aromatic rings. The van der Waals surface area contributed by atoms with Gasteiger partial charge >= 0.3 is 44.0 Å². The van der Waals surface area contributed by atoms with Gasteiger partial charge in [-0.15, -0.1) is 0 Å². The second-order valence-corrected chi connectivity index (χ2v) is 55.3. The molecular weight excluding hydrogens is 1960 g/mol. The van der Waals surface area contributed by atoms with Crippen LogP contribution in [0.1, 0.15) is 337 Å². The van der Waals surface area contributed by atoms with Gasteiger partial charge in [-0.1, -0.05) is 103 Å². The summed E-state index contributed by atoms with van der Waals surface area (Å²) in [6, 6.07) is 4.22. The van der Waals surface area contributed by atoms with Crippen molar-refractivity contribution in [2.75, 3.05) is 248 Å². The number of nitrogens with zero attached hydrogens (tertiary/aromatic N) is 14. The van der Waals surface area contributed by atoms with Crippen LogP contribution in [0.4, 0.5) is 18.3 Å². The largest absolute Gasteiger partial charge is 0.500 e. The molecule has 0 radical (unpaired) electrons. The Kier molecular flexibility index (Phi) is 111. The number of hydrogen-bond donors (Lipinski definition) is 0. The quantitative estimate of drug-likeness (QED) is 0.0237. The Balaban J connectivity index is -0.000000332. The highest BCUT2D eigenvalue weighted by Crippen LogP contribution is 2.26. The summed E-state index contributed by atoms with van der Waals surface area (Å²) < 4.78 is 118. The summed E-state index contributed by atoms with van der Waals surface area (Å²) in [6.07, 6.45) is 19.2. The van der Waals surface area contributed by atoms with Crippen molar-refractivity contribution in [2.45, 2.75) is 367 Å². The first-order chi connectivity index (χ1) is 69.9. The van der Waals surface area contributed by atoms with Crippen LogP contribution in [0.15, 0.2) is 49.9 Å². The molecule has 876 valence electrons. The molecule has 0 atom stereocenters. The summed E-state index contributed by atoms with van der Waals surface area (Å²) in [6.45, 7) is 92.9. The van der Waals surface area contributed by atoms with Crippen LogP contribution in [-0.4, -0.2) is 368 Å². The van der Waals surface area contributed by atoms with Crippen LogP contribution in [0.5, 0.6) is 0 Å². The van der Waals surface area contributed by atoms with Gasteiger partial charge in [-0.3, -0.25) is 64.6 Å². The fraction of sp³-hybridized carbons (Fsp3) is 0.908. The molecule has 0 aromatic carbocycles. The van der Waals surface area contributed by atoms with Crippen LogP contribution in [0.25, 0.3) is 0 Å². The van der Waals surface area contributed by atoms with E-state index in [0.29, 0.717) is 81.1 Å². The molecule has 0 aliphatic rings. The summed E-state index contributed by atoms with van der Waals surface area (Å²) >= 11 is 0. The normalized spacial score (nSPS) is 13.3. The van der Waals surface area contributed by atoms with E-state index in [1.54, 1.807) is 64.0 Å². The van der Waals surface area contributed by atoms with Gasteiger partial charge < -0.3 is 71.3 Å². The maximum atomic E-state index is 8.00. The summed E-state index contributed by atoms with van der Waals surface area (Å²) in [5.74, 6) is 4.60. The van der Waals surface area contributed by atoms with Crippen molar-refractivity contribution in [1.82, 2.24) is 19.6 Å². The highest BCUT2D eigenvalue weighted by atomic mass is 28.4. The van der Waals surface area contributed by atoms with Crippen LogP contribution in [-0.2, 0) is 66.4 Å². The Hall–Kier alpha value is -3.26. The third-order valence-electron chi connectivity index (χ3n) is 23.9. The molecule has 0 spiro atoms. The van der Waals surface area contributed by atoms with Gasteiger partial charge in [0.1, 0.15) is 0 Å². The number of rotatable bonds is 87. The summed E-state index contributed by atoms with van der Waals surface area (Å²) in [7, 11) is 2.49. The summed E-state index contributed by atoms with van der Waals surface area (Å²) in [4.78, 5) is 56.9. The van der Waals surface area contributed by atoms with Gasteiger partial charge in [-0.25, -0.2) is 0 Å². The van der Waals surface area contributed by atoms with E-state index < -0.39 is 44.0 Å². The monoisotopic (exact) mass is 2190 g/mol. The predicted molar refractivity (Wildman–Crippen MR) is 634 cm³/mol. The molecule has 0 aliphatic heterocycles. The molecule has 0 N–H and O–H groups in total. The second-order valence-electron chi connectivity index (χ2n) is 40.6. The lowest BCUT2D eigenvalue weighted by Crippen LogP contribution is -2.46. The fourth-order valence-corrected chi connectivity index (χ4v) is 27.0. The Morgan fingerprint density at radius 3 is 0.578 bits per heavy atom. The number of aliphatic imine (C=N–C) groups is 10. The molecule has 29 nitrogen and oxygen atoms in total. The van der Waals surface area contributed by atoms with Gasteiger partial charge in [0.25, 0.3) is 0 Å². The highest BCUT2D eigenvalue weighted by Gasteiger charge is 2.43. The highest BCUT2D eigenvalue weighted by molar-refractivity contribution is 6.62. The van der Waals surface area contributed by atoms with Crippen molar-refractivity contribution in [1.29, 1.82) is 0 Å². The van der Waals surface area contributed by atoms with E-state index in [-0.39, 0.29) is 0 Å². The minimum absolute atomic E-state index is 0.629. The lowest BCUT2D eigenvalue weighted by atomic mass is 9.96. The standard InChI is InChI=1S/C27H57N3O3Si.C25H53N3O3Si.C22H47N3O3Si.C19H40N2O3Si.C16H35N3O3Si.2F2/c1-10-31-34(32-11-2,33-12-3)21-15-20-30(18-13-16-28-26(8)22-24(4)5)19-14-17-29-27(9)23-25(6)7;1-10-29-32(30-11-2,31-12-3)19-13-16-28(17-14-26-24(8)20-22(4)5)18-15-27-25(9)21-23(6)7;1-19(2)17-21(5)23-11-14-25(15-12-24-22(6)18-20(3)4)13-10-16-29(26-7,27-8)28-9;1-8-17(3)20-14-12-19(13-15-21-18(4)9-2)11-10-16-25(22-5,23-6)24-7;1-15(2)17-9-12-19(13-10-18-16(3)4)11-8-14-23(20-5,21-6)22-7;2*1-2/h24-25H,10-23H2,1-9H3;22-23H,10-21H2,1-9H3;19-20H,10-18H2,1-9H3;19H,8-16H2,1-7H3;8-14H2,1-7H3;;. The Morgan fingerprint density at radius 1 is 0.211 bits per heavy atom. The average molecular weight is 2200 g/mol. The third kappa shape index (κ3) is 94.8. The molecule has 0 aromatic heterocycles. The molecule has 147 heavy (non-hydrogen) atoms. The molecule has 0 unspecified atom stereocenters. The van der Waals surface area contributed by atoms with Gasteiger partial charge in [0.2, 0.25) is 0 Å². The van der Waals surface area contributed by atoms with Crippen LogP contribution in [0.2, 0.25) is 30.2 Å². The lowest BCUT2D eigenvalue weighted by molar-refractivity contribution is 0.0691. The van der Waals surface area contributed by atoms with E-state index in [1.807, 2.05) is 69.2 Å². The molecule has 0 fully saturated rings. The zero-order chi connectivity index (χ0) is 113. The topological polar surface area (TPSA) is 275 Å². The zero-order valence-corrected chi connectivity index (χ0v) is 108.